The van der Waals surface area contributed by atoms with Crippen LogP contribution < -0.4 is 10.9 Å². The van der Waals surface area contributed by atoms with Gasteiger partial charge in [-0.05, 0) is 37.8 Å². The molecule has 0 fully saturated rings. The predicted molar refractivity (Wildman–Crippen MR) is 110 cm³/mol. The van der Waals surface area contributed by atoms with Crippen molar-refractivity contribution >= 4 is 56.5 Å². The molecule has 0 aliphatic carbocycles. The fourth-order valence-corrected chi connectivity index (χ4v) is 4.42. The Labute approximate surface area is 164 Å². The predicted octanol–water partition coefficient (Wildman–Crippen LogP) is 4.60. The second-order valence-corrected chi connectivity index (χ2v) is 8.00. The standard InChI is InChI=1S/C18H18ClN3O2S2/c1-4-11-9-12-16(26-11)21-18(25-3)22(17(12)24)10(2)15(23)20-14-8-6-5-7-13(14)19/h5-10H,4H2,1-3H3,(H,20,23). The molecule has 26 heavy (non-hydrogen) atoms. The van der Waals surface area contributed by atoms with Crippen molar-refractivity contribution in [3.8, 4) is 0 Å². The number of fused-ring (bicyclic) bond motifs is 1. The summed E-state index contributed by atoms with van der Waals surface area (Å²) < 4.78 is 1.45. The number of benzene rings is 1. The number of amides is 1. The number of halogens is 1. The van der Waals surface area contributed by atoms with Crippen LogP contribution in [0.2, 0.25) is 5.02 Å². The fraction of sp³-hybridized carbons (Fsp3) is 0.278. The van der Waals surface area contributed by atoms with E-state index in [-0.39, 0.29) is 11.5 Å². The van der Waals surface area contributed by atoms with Gasteiger partial charge in [0.25, 0.3) is 5.56 Å². The molecule has 2 aromatic heterocycles. The number of carbonyl (C=O) groups is 1. The van der Waals surface area contributed by atoms with Gasteiger partial charge < -0.3 is 5.32 Å². The van der Waals surface area contributed by atoms with Crippen LogP contribution in [0.5, 0.6) is 0 Å². The molecule has 0 spiro atoms. The summed E-state index contributed by atoms with van der Waals surface area (Å²) in [5.74, 6) is -0.317. The highest BCUT2D eigenvalue weighted by atomic mass is 35.5. The molecule has 3 rings (SSSR count). The molecule has 0 bridgehead atoms. The molecular weight excluding hydrogens is 390 g/mol. The van der Waals surface area contributed by atoms with Crippen LogP contribution in [0.25, 0.3) is 10.2 Å². The van der Waals surface area contributed by atoms with Crippen molar-refractivity contribution < 1.29 is 4.79 Å². The first kappa shape index (κ1) is 18.9. The summed E-state index contributed by atoms with van der Waals surface area (Å²) in [7, 11) is 0. The Hall–Kier alpha value is -1.83. The first-order chi connectivity index (χ1) is 12.5. The van der Waals surface area contributed by atoms with Crippen molar-refractivity contribution in [3.63, 3.8) is 0 Å². The number of hydrogen-bond acceptors (Lipinski definition) is 5. The van der Waals surface area contributed by atoms with Crippen molar-refractivity contribution in [2.45, 2.75) is 31.5 Å². The van der Waals surface area contributed by atoms with Crippen molar-refractivity contribution in [2.24, 2.45) is 0 Å². The van der Waals surface area contributed by atoms with E-state index >= 15 is 0 Å². The molecule has 0 saturated carbocycles. The van der Waals surface area contributed by atoms with Crippen LogP contribution in [0.4, 0.5) is 5.69 Å². The van der Waals surface area contributed by atoms with Crippen molar-refractivity contribution in [2.75, 3.05) is 11.6 Å². The molecule has 136 valence electrons. The smallest absolute Gasteiger partial charge is 0.263 e. The van der Waals surface area contributed by atoms with E-state index in [1.54, 1.807) is 31.2 Å². The molecule has 0 radical (unpaired) electrons. The highest BCUT2D eigenvalue weighted by Crippen LogP contribution is 2.27. The highest BCUT2D eigenvalue weighted by Gasteiger charge is 2.23. The van der Waals surface area contributed by atoms with Gasteiger partial charge in [-0.2, -0.15) is 0 Å². The first-order valence-electron chi connectivity index (χ1n) is 8.10. The van der Waals surface area contributed by atoms with E-state index in [2.05, 4.69) is 10.3 Å². The van der Waals surface area contributed by atoms with Crippen LogP contribution in [-0.2, 0) is 11.2 Å². The third-order valence-electron chi connectivity index (χ3n) is 4.05. The van der Waals surface area contributed by atoms with Crippen LogP contribution in [0, 0.1) is 0 Å². The summed E-state index contributed by atoms with van der Waals surface area (Å²) in [5, 5.41) is 4.31. The van der Waals surface area contributed by atoms with E-state index in [0.29, 0.717) is 26.1 Å². The second kappa shape index (κ2) is 7.82. The summed E-state index contributed by atoms with van der Waals surface area (Å²) in [5.41, 5.74) is 0.319. The quantitative estimate of drug-likeness (QED) is 0.496. The van der Waals surface area contributed by atoms with Crippen molar-refractivity contribution in [1.29, 1.82) is 0 Å². The Morgan fingerprint density at radius 3 is 2.81 bits per heavy atom. The molecule has 1 atom stereocenters. The maximum absolute atomic E-state index is 13.0. The Balaban J connectivity index is 2.02. The molecule has 1 aromatic carbocycles. The summed E-state index contributed by atoms with van der Waals surface area (Å²) in [6, 6.07) is 8.15. The molecule has 8 heteroatoms. The van der Waals surface area contributed by atoms with Crippen molar-refractivity contribution in [3.05, 3.63) is 50.6 Å². The van der Waals surface area contributed by atoms with Gasteiger partial charge in [-0.1, -0.05) is 42.4 Å². The number of aromatic nitrogens is 2. The minimum atomic E-state index is -0.719. The van der Waals surface area contributed by atoms with Crippen LogP contribution in [0.3, 0.4) is 0 Å². The minimum Gasteiger partial charge on any atom is -0.323 e. The molecule has 2 heterocycles. The number of anilines is 1. The van der Waals surface area contributed by atoms with Gasteiger partial charge in [0.05, 0.1) is 16.1 Å². The molecule has 0 aliphatic rings. The fourth-order valence-electron chi connectivity index (χ4n) is 2.60. The number of hydrogen-bond donors (Lipinski definition) is 1. The minimum absolute atomic E-state index is 0.197. The van der Waals surface area contributed by atoms with Crippen LogP contribution in [-0.4, -0.2) is 21.7 Å². The van der Waals surface area contributed by atoms with E-state index in [0.717, 1.165) is 11.3 Å². The van der Waals surface area contributed by atoms with Gasteiger partial charge in [0.1, 0.15) is 10.9 Å². The third kappa shape index (κ3) is 3.51. The molecule has 0 saturated heterocycles. The zero-order valence-corrected chi connectivity index (χ0v) is 17.0. The Kier molecular flexibility index (Phi) is 5.70. The molecule has 0 aliphatic heterocycles. The van der Waals surface area contributed by atoms with Gasteiger partial charge >= 0.3 is 0 Å². The largest absolute Gasteiger partial charge is 0.323 e. The van der Waals surface area contributed by atoms with Crippen LogP contribution in [0.15, 0.2) is 40.3 Å². The highest BCUT2D eigenvalue weighted by molar-refractivity contribution is 7.98. The average molecular weight is 408 g/mol. The normalized spacial score (nSPS) is 12.3. The zero-order chi connectivity index (χ0) is 18.8. The lowest BCUT2D eigenvalue weighted by Crippen LogP contribution is -2.33. The molecule has 1 amide bonds. The molecule has 5 nitrogen and oxygen atoms in total. The summed E-state index contributed by atoms with van der Waals surface area (Å²) in [4.78, 5) is 32.1. The number of nitrogens with zero attached hydrogens (tertiary/aromatic N) is 2. The molecule has 1 N–H and O–H groups in total. The van der Waals surface area contributed by atoms with Crippen LogP contribution >= 0.6 is 34.7 Å². The maximum Gasteiger partial charge on any atom is 0.263 e. The SMILES string of the molecule is CCc1cc2c(=O)n(C(C)C(=O)Nc3ccccc3Cl)c(SC)nc2s1. The van der Waals surface area contributed by atoms with Gasteiger partial charge in [-0.3, -0.25) is 14.2 Å². The van der Waals surface area contributed by atoms with Gasteiger partial charge in [-0.25, -0.2) is 4.98 Å². The number of carbonyl (C=O) groups excluding carboxylic acids is 1. The maximum atomic E-state index is 13.0. The second-order valence-electron chi connectivity index (χ2n) is 5.70. The van der Waals surface area contributed by atoms with E-state index in [1.807, 2.05) is 19.2 Å². The summed E-state index contributed by atoms with van der Waals surface area (Å²) in [6.07, 6.45) is 2.69. The number of thioether (sulfide) groups is 1. The topological polar surface area (TPSA) is 64.0 Å². The zero-order valence-electron chi connectivity index (χ0n) is 14.6. The number of aryl methyl sites for hydroxylation is 1. The van der Waals surface area contributed by atoms with E-state index in [4.69, 9.17) is 11.6 Å². The Morgan fingerprint density at radius 2 is 2.15 bits per heavy atom. The van der Waals surface area contributed by atoms with E-state index in [9.17, 15) is 9.59 Å². The third-order valence-corrected chi connectivity index (χ3v) is 6.20. The van der Waals surface area contributed by atoms with Gasteiger partial charge in [0.2, 0.25) is 5.91 Å². The monoisotopic (exact) mass is 407 g/mol. The number of nitrogens with one attached hydrogen (secondary N) is 1. The lowest BCUT2D eigenvalue weighted by atomic mass is 10.2. The summed E-state index contributed by atoms with van der Waals surface area (Å²) >= 11 is 8.97. The number of thiophene rings is 1. The number of para-hydroxylation sites is 1. The Bertz CT molecular complexity index is 1030. The first-order valence-corrected chi connectivity index (χ1v) is 10.5. The van der Waals surface area contributed by atoms with Gasteiger partial charge in [-0.15, -0.1) is 11.3 Å². The molecule has 1 unspecified atom stereocenters. The number of rotatable bonds is 5. The molecule has 3 aromatic rings. The van der Waals surface area contributed by atoms with E-state index < -0.39 is 6.04 Å². The van der Waals surface area contributed by atoms with E-state index in [1.165, 1.54) is 27.7 Å². The van der Waals surface area contributed by atoms with Crippen molar-refractivity contribution in [1.82, 2.24) is 9.55 Å². The lowest BCUT2D eigenvalue weighted by molar-refractivity contribution is -0.119. The molecular formula is C18H18ClN3O2S2. The van der Waals surface area contributed by atoms with Gasteiger partial charge in [0, 0.05) is 4.88 Å². The lowest BCUT2D eigenvalue weighted by Gasteiger charge is -2.18. The average Bonchev–Trinajstić information content (AvgIpc) is 3.06. The summed E-state index contributed by atoms with van der Waals surface area (Å²) in [6.45, 7) is 3.73. The van der Waals surface area contributed by atoms with Crippen LogP contribution in [0.1, 0.15) is 24.8 Å². The van der Waals surface area contributed by atoms with Gasteiger partial charge in [0.15, 0.2) is 5.16 Å². The Morgan fingerprint density at radius 1 is 1.42 bits per heavy atom.